The van der Waals surface area contributed by atoms with E-state index in [1.165, 1.54) is 9.80 Å². The van der Waals surface area contributed by atoms with Crippen LogP contribution in [-0.2, 0) is 16.1 Å². The Kier molecular flexibility index (Phi) is 4.20. The van der Waals surface area contributed by atoms with Crippen molar-refractivity contribution in [2.75, 3.05) is 25.1 Å². The molecule has 0 atom stereocenters. The highest BCUT2D eigenvalue weighted by molar-refractivity contribution is 6.01. The third-order valence-corrected chi connectivity index (χ3v) is 3.95. The average Bonchev–Trinajstić information content (AvgIpc) is 2.89. The van der Waals surface area contributed by atoms with Crippen LogP contribution < -0.4 is 9.64 Å². The quantitative estimate of drug-likeness (QED) is 0.833. The van der Waals surface area contributed by atoms with Crippen molar-refractivity contribution in [3.63, 3.8) is 0 Å². The smallest absolute Gasteiger partial charge is 0.266 e. The molecular weight excluding hydrogens is 312 g/mol. The van der Waals surface area contributed by atoms with E-state index in [1.807, 2.05) is 6.92 Å². The summed E-state index contributed by atoms with van der Waals surface area (Å²) in [7, 11) is 1.68. The molecule has 0 saturated carbocycles. The first-order chi connectivity index (χ1) is 11.5. The summed E-state index contributed by atoms with van der Waals surface area (Å²) in [6, 6.07) is 3.44. The largest absolute Gasteiger partial charge is 0.480 e. The molecule has 0 radical (unpaired) electrons. The number of aryl methyl sites for hydroxylation is 2. The number of fused-ring (bicyclic) bond motifs is 1. The lowest BCUT2D eigenvalue weighted by atomic mass is 10.2. The molecule has 0 aromatic carbocycles. The molecule has 0 bridgehead atoms. The summed E-state index contributed by atoms with van der Waals surface area (Å²) >= 11 is 0. The normalized spacial score (nSPS) is 13.5. The Morgan fingerprint density at radius 2 is 2.21 bits per heavy atom. The first kappa shape index (κ1) is 16.0. The van der Waals surface area contributed by atoms with Crippen molar-refractivity contribution in [2.45, 2.75) is 20.4 Å². The number of carbonyl (C=O) groups excluding carboxylic acids is 2. The predicted octanol–water partition coefficient (Wildman–Crippen LogP) is 1.07. The summed E-state index contributed by atoms with van der Waals surface area (Å²) in [4.78, 5) is 31.7. The summed E-state index contributed by atoms with van der Waals surface area (Å²) in [5, 5.41) is 3.88. The molecule has 3 rings (SSSR count). The molecule has 3 heterocycles. The summed E-state index contributed by atoms with van der Waals surface area (Å²) in [6.45, 7) is 3.81. The second kappa shape index (κ2) is 6.31. The van der Waals surface area contributed by atoms with Gasteiger partial charge in [-0.05, 0) is 26.0 Å². The Labute approximate surface area is 139 Å². The lowest BCUT2D eigenvalue weighted by molar-refractivity contribution is -0.131. The molecule has 0 N–H and O–H groups in total. The minimum absolute atomic E-state index is 0.0912. The third-order valence-electron chi connectivity index (χ3n) is 3.95. The number of anilines is 1. The molecule has 8 nitrogen and oxygen atoms in total. The van der Waals surface area contributed by atoms with Gasteiger partial charge in [0.05, 0.1) is 12.2 Å². The fourth-order valence-corrected chi connectivity index (χ4v) is 2.51. The number of aromatic nitrogens is 2. The van der Waals surface area contributed by atoms with Gasteiger partial charge in [0.1, 0.15) is 12.3 Å². The fourth-order valence-electron chi connectivity index (χ4n) is 2.51. The van der Waals surface area contributed by atoms with E-state index in [1.54, 1.807) is 32.3 Å². The molecule has 0 spiro atoms. The molecule has 0 aliphatic carbocycles. The molecule has 24 heavy (non-hydrogen) atoms. The van der Waals surface area contributed by atoms with Crippen molar-refractivity contribution < 1.29 is 18.8 Å². The van der Waals surface area contributed by atoms with Crippen LogP contribution in [0.15, 0.2) is 22.9 Å². The first-order valence-corrected chi connectivity index (χ1v) is 7.51. The van der Waals surface area contributed by atoms with Gasteiger partial charge >= 0.3 is 0 Å². The maximum atomic E-state index is 12.5. The predicted molar refractivity (Wildman–Crippen MR) is 84.5 cm³/mol. The molecule has 0 fully saturated rings. The first-order valence-electron chi connectivity index (χ1n) is 7.51. The van der Waals surface area contributed by atoms with E-state index in [4.69, 9.17) is 9.26 Å². The number of ether oxygens (including phenoxy) is 1. The highest BCUT2D eigenvalue weighted by Crippen LogP contribution is 2.28. The Balaban J connectivity index is 1.73. The zero-order valence-electron chi connectivity index (χ0n) is 13.8. The highest BCUT2D eigenvalue weighted by Gasteiger charge is 2.29. The van der Waals surface area contributed by atoms with Crippen LogP contribution in [0.5, 0.6) is 5.75 Å². The Bertz CT molecular complexity index is 767. The molecule has 0 saturated heterocycles. The van der Waals surface area contributed by atoms with E-state index in [9.17, 15) is 9.59 Å². The second-order valence-corrected chi connectivity index (χ2v) is 5.65. The van der Waals surface area contributed by atoms with Crippen molar-refractivity contribution in [1.29, 1.82) is 0 Å². The van der Waals surface area contributed by atoms with Crippen LogP contribution in [0.1, 0.15) is 17.0 Å². The molecule has 2 aromatic rings. The van der Waals surface area contributed by atoms with Crippen LogP contribution in [0.25, 0.3) is 0 Å². The van der Waals surface area contributed by atoms with Crippen molar-refractivity contribution >= 4 is 17.6 Å². The average molecular weight is 330 g/mol. The summed E-state index contributed by atoms with van der Waals surface area (Å²) in [5.41, 5.74) is 1.62. The molecule has 8 heteroatoms. The van der Waals surface area contributed by atoms with Crippen LogP contribution in [0.2, 0.25) is 0 Å². The number of nitrogens with zero attached hydrogens (tertiary/aromatic N) is 4. The van der Waals surface area contributed by atoms with E-state index in [-0.39, 0.29) is 25.0 Å². The van der Waals surface area contributed by atoms with Gasteiger partial charge in [-0.1, -0.05) is 5.16 Å². The van der Waals surface area contributed by atoms with Crippen LogP contribution in [0, 0.1) is 13.8 Å². The number of hydrogen-bond donors (Lipinski definition) is 0. The molecule has 2 amide bonds. The fraction of sp³-hybridized carbons (Fsp3) is 0.375. The summed E-state index contributed by atoms with van der Waals surface area (Å²) in [6.07, 6.45) is 1.56. The van der Waals surface area contributed by atoms with Crippen molar-refractivity contribution in [3.8, 4) is 5.75 Å². The molecule has 126 valence electrons. The van der Waals surface area contributed by atoms with Crippen molar-refractivity contribution in [1.82, 2.24) is 15.0 Å². The second-order valence-electron chi connectivity index (χ2n) is 5.65. The van der Waals surface area contributed by atoms with E-state index in [0.29, 0.717) is 23.9 Å². The van der Waals surface area contributed by atoms with Crippen LogP contribution in [0.3, 0.4) is 0 Å². The number of hydrogen-bond acceptors (Lipinski definition) is 6. The van der Waals surface area contributed by atoms with E-state index in [0.717, 1.165) is 11.3 Å². The monoisotopic (exact) mass is 330 g/mol. The van der Waals surface area contributed by atoms with Gasteiger partial charge in [0.2, 0.25) is 5.91 Å². The van der Waals surface area contributed by atoms with Gasteiger partial charge in [-0.3, -0.25) is 14.5 Å². The summed E-state index contributed by atoms with van der Waals surface area (Å²) < 4.78 is 10.4. The zero-order valence-corrected chi connectivity index (χ0v) is 13.8. The summed E-state index contributed by atoms with van der Waals surface area (Å²) in [5.74, 6) is 1.05. The molecule has 1 aliphatic heterocycles. The minimum Gasteiger partial charge on any atom is -0.480 e. The Morgan fingerprint density at radius 3 is 2.92 bits per heavy atom. The number of pyridine rings is 1. The molecule has 2 aromatic heterocycles. The van der Waals surface area contributed by atoms with E-state index >= 15 is 0 Å². The number of rotatable bonds is 4. The maximum absolute atomic E-state index is 12.5. The topological polar surface area (TPSA) is 88.8 Å². The van der Waals surface area contributed by atoms with Gasteiger partial charge in [-0.25, -0.2) is 4.98 Å². The lowest BCUT2D eigenvalue weighted by Crippen LogP contribution is -2.45. The van der Waals surface area contributed by atoms with Crippen LogP contribution in [0.4, 0.5) is 5.82 Å². The van der Waals surface area contributed by atoms with Gasteiger partial charge < -0.3 is 14.2 Å². The molecule has 0 unspecified atom stereocenters. The number of likely N-dealkylation sites (N-methyl/N-ethyl adjacent to an activating group) is 1. The standard InChI is InChI=1S/C16H18N4O4/c1-10-12(11(2)24-18-10)7-19(3)14(21)8-20-15(22)9-23-13-5-4-6-17-16(13)20/h4-6H,7-9H2,1-3H3. The minimum atomic E-state index is -0.291. The van der Waals surface area contributed by atoms with Crippen LogP contribution >= 0.6 is 0 Å². The lowest BCUT2D eigenvalue weighted by Gasteiger charge is -2.29. The number of amides is 2. The number of carbonyl (C=O) groups is 2. The Morgan fingerprint density at radius 1 is 1.42 bits per heavy atom. The third kappa shape index (κ3) is 2.94. The van der Waals surface area contributed by atoms with E-state index in [2.05, 4.69) is 10.1 Å². The van der Waals surface area contributed by atoms with Crippen molar-refractivity contribution in [2.24, 2.45) is 0 Å². The van der Waals surface area contributed by atoms with Gasteiger partial charge in [0.15, 0.2) is 18.2 Å². The molecule has 1 aliphatic rings. The van der Waals surface area contributed by atoms with Gasteiger partial charge in [-0.15, -0.1) is 0 Å². The van der Waals surface area contributed by atoms with E-state index < -0.39 is 0 Å². The van der Waals surface area contributed by atoms with Gasteiger partial charge in [-0.2, -0.15) is 0 Å². The zero-order chi connectivity index (χ0) is 17.3. The maximum Gasteiger partial charge on any atom is 0.266 e. The van der Waals surface area contributed by atoms with Crippen molar-refractivity contribution in [3.05, 3.63) is 35.3 Å². The van der Waals surface area contributed by atoms with Crippen LogP contribution in [-0.4, -0.2) is 47.1 Å². The highest BCUT2D eigenvalue weighted by atomic mass is 16.5. The Hall–Kier alpha value is -2.90. The molecular formula is C16H18N4O4. The SMILES string of the molecule is Cc1noc(C)c1CN(C)C(=O)CN1C(=O)COc2cccnc21. The van der Waals surface area contributed by atoms with Gasteiger partial charge in [0, 0.05) is 18.8 Å². The van der Waals surface area contributed by atoms with Gasteiger partial charge in [0.25, 0.3) is 5.91 Å².